The van der Waals surface area contributed by atoms with Crippen LogP contribution < -0.4 is 5.32 Å². The molecule has 0 aromatic heterocycles. The summed E-state index contributed by atoms with van der Waals surface area (Å²) >= 11 is 0. The van der Waals surface area contributed by atoms with Crippen LogP contribution in [0.5, 0.6) is 0 Å². The highest BCUT2D eigenvalue weighted by Crippen LogP contribution is 2.20. The summed E-state index contributed by atoms with van der Waals surface area (Å²) < 4.78 is 32.4. The molecular formula is C20H28F2N4O2. The van der Waals surface area contributed by atoms with E-state index >= 15 is 0 Å². The molecule has 3 rings (SSSR count). The minimum atomic E-state index is -0.825. The molecule has 1 amide bonds. The van der Waals surface area contributed by atoms with Crippen molar-refractivity contribution in [1.82, 2.24) is 15.1 Å². The summed E-state index contributed by atoms with van der Waals surface area (Å²) in [6.45, 7) is 4.54. The second kappa shape index (κ2) is 9.82. The van der Waals surface area contributed by atoms with Crippen LogP contribution in [0.3, 0.4) is 0 Å². The van der Waals surface area contributed by atoms with E-state index in [1.165, 1.54) is 6.07 Å². The van der Waals surface area contributed by atoms with Crippen LogP contribution >= 0.6 is 0 Å². The minimum Gasteiger partial charge on any atom is -0.378 e. The van der Waals surface area contributed by atoms with Crippen molar-refractivity contribution in [3.63, 3.8) is 0 Å². The number of rotatable bonds is 4. The average molecular weight is 394 g/mol. The summed E-state index contributed by atoms with van der Waals surface area (Å²) in [5.74, 6) is -0.606. The second-order valence-corrected chi connectivity index (χ2v) is 7.14. The zero-order valence-corrected chi connectivity index (χ0v) is 16.3. The molecule has 8 heteroatoms. The summed E-state index contributed by atoms with van der Waals surface area (Å²) in [5.41, 5.74) is 0.345. The van der Waals surface area contributed by atoms with Crippen molar-refractivity contribution in [1.29, 1.82) is 0 Å². The van der Waals surface area contributed by atoms with Gasteiger partial charge in [0.2, 0.25) is 5.91 Å². The highest BCUT2D eigenvalue weighted by molar-refractivity contribution is 5.81. The Labute approximate surface area is 164 Å². The molecule has 154 valence electrons. The van der Waals surface area contributed by atoms with Crippen LogP contribution in [-0.4, -0.2) is 74.7 Å². The van der Waals surface area contributed by atoms with Crippen LogP contribution in [0.4, 0.5) is 8.78 Å². The third-order valence-electron chi connectivity index (χ3n) is 5.39. The number of amides is 1. The minimum absolute atomic E-state index is 0.0499. The molecule has 0 radical (unpaired) electrons. The van der Waals surface area contributed by atoms with E-state index < -0.39 is 11.6 Å². The summed E-state index contributed by atoms with van der Waals surface area (Å²) in [5, 5.41) is 3.22. The highest BCUT2D eigenvalue weighted by Gasteiger charge is 2.30. The SMILES string of the molecule is CN=C(NCCc1cccc(F)c1F)N1CCC(C(=O)N2CCOCC2)CC1. The van der Waals surface area contributed by atoms with Gasteiger partial charge in [-0.25, -0.2) is 8.78 Å². The zero-order chi connectivity index (χ0) is 19.9. The Morgan fingerprint density at radius 3 is 2.57 bits per heavy atom. The van der Waals surface area contributed by atoms with Crippen LogP contribution in [0, 0.1) is 17.6 Å². The molecular weight excluding hydrogens is 366 g/mol. The molecule has 2 aliphatic heterocycles. The molecule has 0 aliphatic carbocycles. The largest absolute Gasteiger partial charge is 0.378 e. The predicted octanol–water partition coefficient (Wildman–Crippen LogP) is 1.65. The van der Waals surface area contributed by atoms with Crippen molar-refractivity contribution in [2.45, 2.75) is 19.3 Å². The standard InChI is InChI=1S/C20H28F2N4O2/c1-23-20(24-8-5-15-3-2-4-17(21)18(15)22)26-9-6-16(7-10-26)19(27)25-11-13-28-14-12-25/h2-4,16H,5-14H2,1H3,(H,23,24). The smallest absolute Gasteiger partial charge is 0.225 e. The third-order valence-corrected chi connectivity index (χ3v) is 5.39. The first kappa shape index (κ1) is 20.5. The van der Waals surface area contributed by atoms with Crippen molar-refractivity contribution in [2.24, 2.45) is 10.9 Å². The van der Waals surface area contributed by atoms with Crippen molar-refractivity contribution in [3.8, 4) is 0 Å². The summed E-state index contributed by atoms with van der Waals surface area (Å²) in [7, 11) is 1.70. The van der Waals surface area contributed by atoms with Crippen molar-refractivity contribution in [2.75, 3.05) is 53.0 Å². The summed E-state index contributed by atoms with van der Waals surface area (Å²) in [4.78, 5) is 20.9. The Morgan fingerprint density at radius 1 is 1.18 bits per heavy atom. The van der Waals surface area contributed by atoms with Gasteiger partial charge >= 0.3 is 0 Å². The van der Waals surface area contributed by atoms with Crippen LogP contribution in [0.2, 0.25) is 0 Å². The summed E-state index contributed by atoms with van der Waals surface area (Å²) in [6.07, 6.45) is 1.94. The number of piperidine rings is 1. The van der Waals surface area contributed by atoms with Gasteiger partial charge in [0, 0.05) is 45.7 Å². The molecule has 1 aromatic rings. The van der Waals surface area contributed by atoms with E-state index in [2.05, 4.69) is 15.2 Å². The Kier molecular flexibility index (Phi) is 7.19. The Hall–Kier alpha value is -2.22. The molecule has 0 bridgehead atoms. The highest BCUT2D eigenvalue weighted by atomic mass is 19.2. The van der Waals surface area contributed by atoms with Crippen molar-refractivity contribution < 1.29 is 18.3 Å². The van der Waals surface area contributed by atoms with Gasteiger partial charge in [-0.15, -0.1) is 0 Å². The van der Waals surface area contributed by atoms with Crippen molar-refractivity contribution >= 4 is 11.9 Å². The van der Waals surface area contributed by atoms with Crippen LogP contribution in [0.25, 0.3) is 0 Å². The number of guanidine groups is 1. The lowest BCUT2D eigenvalue weighted by molar-refractivity contribution is -0.140. The summed E-state index contributed by atoms with van der Waals surface area (Å²) in [6, 6.07) is 4.22. The second-order valence-electron chi connectivity index (χ2n) is 7.14. The number of hydrogen-bond donors (Lipinski definition) is 1. The first-order chi connectivity index (χ1) is 13.6. The lowest BCUT2D eigenvalue weighted by atomic mass is 9.95. The Morgan fingerprint density at radius 2 is 1.89 bits per heavy atom. The fourth-order valence-electron chi connectivity index (χ4n) is 3.76. The van der Waals surface area contributed by atoms with Crippen molar-refractivity contribution in [3.05, 3.63) is 35.4 Å². The number of benzene rings is 1. The van der Waals surface area contributed by atoms with Gasteiger partial charge in [-0.1, -0.05) is 12.1 Å². The maximum absolute atomic E-state index is 13.7. The van der Waals surface area contributed by atoms with Crippen LogP contribution in [-0.2, 0) is 16.0 Å². The van der Waals surface area contributed by atoms with Gasteiger partial charge in [0.25, 0.3) is 0 Å². The molecule has 1 N–H and O–H groups in total. The molecule has 1 aromatic carbocycles. The van der Waals surface area contributed by atoms with E-state index in [0.29, 0.717) is 44.8 Å². The number of likely N-dealkylation sites (tertiary alicyclic amines) is 1. The van der Waals surface area contributed by atoms with E-state index in [0.717, 1.165) is 38.0 Å². The van der Waals surface area contributed by atoms with Crippen LogP contribution in [0.15, 0.2) is 23.2 Å². The molecule has 2 saturated heterocycles. The number of aliphatic imine (C=N–C) groups is 1. The van der Waals surface area contributed by atoms with Gasteiger partial charge in [0.05, 0.1) is 13.2 Å². The maximum Gasteiger partial charge on any atom is 0.225 e. The van der Waals surface area contributed by atoms with Gasteiger partial charge in [-0.2, -0.15) is 0 Å². The quantitative estimate of drug-likeness (QED) is 0.623. The van der Waals surface area contributed by atoms with Gasteiger partial charge in [0.15, 0.2) is 17.6 Å². The van der Waals surface area contributed by atoms with E-state index in [1.54, 1.807) is 13.1 Å². The van der Waals surface area contributed by atoms with E-state index in [1.807, 2.05) is 4.90 Å². The molecule has 2 aliphatic rings. The van der Waals surface area contributed by atoms with Gasteiger partial charge in [-0.05, 0) is 30.9 Å². The van der Waals surface area contributed by atoms with Crippen LogP contribution in [0.1, 0.15) is 18.4 Å². The molecule has 2 heterocycles. The first-order valence-corrected chi connectivity index (χ1v) is 9.85. The number of hydrogen-bond acceptors (Lipinski definition) is 3. The van der Waals surface area contributed by atoms with E-state index in [4.69, 9.17) is 4.74 Å². The van der Waals surface area contributed by atoms with Gasteiger partial charge < -0.3 is 19.9 Å². The van der Waals surface area contributed by atoms with Gasteiger partial charge in [-0.3, -0.25) is 9.79 Å². The monoisotopic (exact) mass is 394 g/mol. The van der Waals surface area contributed by atoms with E-state index in [9.17, 15) is 13.6 Å². The Balaban J connectivity index is 1.45. The lowest BCUT2D eigenvalue weighted by Gasteiger charge is -2.36. The predicted molar refractivity (Wildman–Crippen MR) is 103 cm³/mol. The molecule has 0 saturated carbocycles. The fourth-order valence-corrected chi connectivity index (χ4v) is 3.76. The third kappa shape index (κ3) is 4.98. The topological polar surface area (TPSA) is 57.2 Å². The molecule has 2 fully saturated rings. The first-order valence-electron chi connectivity index (χ1n) is 9.85. The van der Waals surface area contributed by atoms with E-state index in [-0.39, 0.29) is 11.8 Å². The molecule has 6 nitrogen and oxygen atoms in total. The number of carbonyl (C=O) groups is 1. The maximum atomic E-state index is 13.7. The number of nitrogens with one attached hydrogen (secondary N) is 1. The number of nitrogens with zero attached hydrogens (tertiary/aromatic N) is 3. The normalized spacial score (nSPS) is 19.0. The number of ether oxygens (including phenoxy) is 1. The molecule has 0 spiro atoms. The zero-order valence-electron chi connectivity index (χ0n) is 16.3. The fraction of sp³-hybridized carbons (Fsp3) is 0.600. The van der Waals surface area contributed by atoms with Gasteiger partial charge in [0.1, 0.15) is 0 Å². The lowest BCUT2D eigenvalue weighted by Crippen LogP contribution is -2.50. The Bertz CT molecular complexity index is 699. The number of morpholine rings is 1. The average Bonchev–Trinajstić information content (AvgIpc) is 2.74. The number of halogens is 2. The number of carbonyl (C=O) groups excluding carboxylic acids is 1. The molecule has 0 unspecified atom stereocenters. The molecule has 0 atom stereocenters. The molecule has 28 heavy (non-hydrogen) atoms.